The van der Waals surface area contributed by atoms with Crippen LogP contribution in [-0.2, 0) is 9.53 Å². The molecule has 1 saturated heterocycles. The van der Waals surface area contributed by atoms with Gasteiger partial charge in [-0.25, -0.2) is 4.99 Å². The summed E-state index contributed by atoms with van der Waals surface area (Å²) in [5, 5.41) is 3.44. The number of nitrogens with one attached hydrogen (secondary N) is 1. The Morgan fingerprint density at radius 1 is 1.26 bits per heavy atom. The topological polar surface area (TPSA) is 71.0 Å². The summed E-state index contributed by atoms with van der Waals surface area (Å²) in [6.07, 6.45) is 3.98. The number of dihydropyridines is 1. The molecule has 6 nitrogen and oxygen atoms in total. The van der Waals surface area contributed by atoms with Crippen molar-refractivity contribution in [2.24, 2.45) is 16.8 Å². The molecule has 168 valence electrons. The van der Waals surface area contributed by atoms with Gasteiger partial charge in [0.2, 0.25) is 0 Å². The number of carbonyl (C=O) groups is 2. The van der Waals surface area contributed by atoms with Gasteiger partial charge < -0.3 is 15.0 Å². The summed E-state index contributed by atoms with van der Waals surface area (Å²) >= 11 is 6.41. The van der Waals surface area contributed by atoms with Gasteiger partial charge in [-0.1, -0.05) is 17.2 Å². The molecule has 1 atom stereocenters. The van der Waals surface area contributed by atoms with Crippen LogP contribution in [0, 0.1) is 18.8 Å². The van der Waals surface area contributed by atoms with Crippen LogP contribution in [0.2, 0.25) is 5.02 Å². The largest absolute Gasteiger partial charge is 0.381 e. The highest BCUT2D eigenvalue weighted by Gasteiger charge is 2.25. The fraction of sp³-hybridized carbons (Fsp3) is 0.542. The maximum atomic E-state index is 13.0. The molecule has 1 aromatic carbocycles. The van der Waals surface area contributed by atoms with Crippen molar-refractivity contribution < 1.29 is 14.3 Å². The van der Waals surface area contributed by atoms with Crippen molar-refractivity contribution in [1.82, 2.24) is 5.32 Å². The Bertz CT molecular complexity index is 904. The minimum atomic E-state index is -0.424. The average molecular weight is 446 g/mol. The number of amides is 2. The Morgan fingerprint density at radius 2 is 1.97 bits per heavy atom. The minimum Gasteiger partial charge on any atom is -0.381 e. The van der Waals surface area contributed by atoms with Gasteiger partial charge in [-0.15, -0.1) is 0 Å². The Labute approximate surface area is 189 Å². The van der Waals surface area contributed by atoms with Crippen molar-refractivity contribution in [3.05, 3.63) is 39.9 Å². The van der Waals surface area contributed by atoms with E-state index in [4.69, 9.17) is 16.3 Å². The number of benzene rings is 1. The molecule has 1 fully saturated rings. The smallest absolute Gasteiger partial charge is 0.254 e. The van der Waals surface area contributed by atoms with Crippen molar-refractivity contribution in [2.45, 2.75) is 40.5 Å². The molecule has 31 heavy (non-hydrogen) atoms. The van der Waals surface area contributed by atoms with Crippen molar-refractivity contribution in [2.75, 3.05) is 37.7 Å². The lowest BCUT2D eigenvalue weighted by Gasteiger charge is -2.32. The summed E-state index contributed by atoms with van der Waals surface area (Å²) in [4.78, 5) is 31.6. The number of anilines is 1. The highest BCUT2D eigenvalue weighted by Crippen LogP contribution is 2.30. The zero-order valence-electron chi connectivity index (χ0n) is 18.8. The van der Waals surface area contributed by atoms with Gasteiger partial charge in [0, 0.05) is 54.8 Å². The first kappa shape index (κ1) is 23.5. The Kier molecular flexibility index (Phi) is 7.89. The quantitative estimate of drug-likeness (QED) is 0.682. The van der Waals surface area contributed by atoms with Crippen LogP contribution in [0.3, 0.4) is 0 Å². The number of aliphatic imine (C=N–C) groups is 1. The third-order valence-electron chi connectivity index (χ3n) is 6.17. The molecule has 3 rings (SSSR count). The number of hydrogen-bond acceptors (Lipinski definition) is 4. The van der Waals surface area contributed by atoms with Gasteiger partial charge in [0.1, 0.15) is 0 Å². The molecule has 2 amide bonds. The highest BCUT2D eigenvalue weighted by molar-refractivity contribution is 6.31. The molecule has 2 aliphatic heterocycles. The van der Waals surface area contributed by atoms with Crippen LogP contribution >= 0.6 is 11.6 Å². The van der Waals surface area contributed by atoms with E-state index in [-0.39, 0.29) is 18.4 Å². The zero-order valence-corrected chi connectivity index (χ0v) is 19.6. The van der Waals surface area contributed by atoms with E-state index >= 15 is 0 Å². The third kappa shape index (κ3) is 5.74. The second kappa shape index (κ2) is 10.4. The molecular weight excluding hydrogens is 414 g/mol. The first-order valence-electron chi connectivity index (χ1n) is 11.0. The number of rotatable bonds is 7. The Morgan fingerprint density at radius 3 is 2.61 bits per heavy atom. The average Bonchev–Trinajstić information content (AvgIpc) is 2.73. The molecule has 0 spiro atoms. The lowest BCUT2D eigenvalue weighted by molar-refractivity contribution is -0.120. The van der Waals surface area contributed by atoms with Crippen LogP contribution in [0.5, 0.6) is 0 Å². The summed E-state index contributed by atoms with van der Waals surface area (Å²) < 4.78 is 5.48. The van der Waals surface area contributed by atoms with Gasteiger partial charge in [-0.2, -0.15) is 0 Å². The van der Waals surface area contributed by atoms with Crippen molar-refractivity contribution in [1.29, 1.82) is 0 Å². The summed E-state index contributed by atoms with van der Waals surface area (Å²) in [5.41, 5.74) is 4.03. The maximum Gasteiger partial charge on any atom is 0.254 e. The van der Waals surface area contributed by atoms with Gasteiger partial charge >= 0.3 is 0 Å². The molecule has 1 aromatic rings. The third-order valence-corrected chi connectivity index (χ3v) is 6.39. The molecule has 0 radical (unpaired) electrons. The van der Waals surface area contributed by atoms with E-state index in [0.29, 0.717) is 22.2 Å². The van der Waals surface area contributed by atoms with Crippen LogP contribution < -0.4 is 10.2 Å². The number of hydrogen-bond donors (Lipinski definition) is 1. The molecule has 0 aliphatic carbocycles. The standard InChI is InChI=1S/C24H32ClN3O3/c1-5-28(14-18-6-8-31-9-7-18)22-12-19(25)11-20(17(22)4)23(29)26-13-21-15(2)10-16(3)27-24(21)30/h10-12,18,21H,5-9,13-14H2,1-4H3,(H,26,29). The van der Waals surface area contributed by atoms with Crippen molar-refractivity contribution >= 4 is 34.8 Å². The Hall–Kier alpha value is -2.18. The highest BCUT2D eigenvalue weighted by atomic mass is 35.5. The molecule has 2 heterocycles. The van der Waals surface area contributed by atoms with Crippen molar-refractivity contribution in [3.8, 4) is 0 Å². The molecule has 0 aromatic heterocycles. The molecule has 0 saturated carbocycles. The lowest BCUT2D eigenvalue weighted by Crippen LogP contribution is -2.36. The van der Waals surface area contributed by atoms with Gasteiger partial charge in [0.05, 0.1) is 5.92 Å². The summed E-state index contributed by atoms with van der Waals surface area (Å²) in [5.74, 6) is -0.294. The number of ether oxygens (including phenoxy) is 1. The first-order chi connectivity index (χ1) is 14.8. The van der Waals surface area contributed by atoms with Crippen molar-refractivity contribution in [3.63, 3.8) is 0 Å². The van der Waals surface area contributed by atoms with E-state index in [1.165, 1.54) is 0 Å². The van der Waals surface area contributed by atoms with E-state index in [9.17, 15) is 9.59 Å². The predicted molar refractivity (Wildman–Crippen MR) is 125 cm³/mol. The molecule has 2 aliphatic rings. The molecular formula is C24H32ClN3O3. The number of halogens is 1. The summed E-state index contributed by atoms with van der Waals surface area (Å²) in [6.45, 7) is 11.3. The van der Waals surface area contributed by atoms with E-state index in [1.54, 1.807) is 13.0 Å². The first-order valence-corrected chi connectivity index (χ1v) is 11.4. The minimum absolute atomic E-state index is 0.213. The predicted octanol–water partition coefficient (Wildman–Crippen LogP) is 4.19. The number of allylic oxidation sites excluding steroid dienone is 1. The lowest BCUT2D eigenvalue weighted by atomic mass is 9.95. The fourth-order valence-electron chi connectivity index (χ4n) is 4.31. The van der Waals surface area contributed by atoms with Crippen LogP contribution in [0.4, 0.5) is 5.69 Å². The van der Waals surface area contributed by atoms with E-state index in [2.05, 4.69) is 22.1 Å². The summed E-state index contributed by atoms with van der Waals surface area (Å²) in [6, 6.07) is 3.64. The van der Waals surface area contributed by atoms with Gasteiger partial charge in [0.15, 0.2) is 0 Å². The number of nitrogens with zero attached hydrogens (tertiary/aromatic N) is 2. The van der Waals surface area contributed by atoms with Crippen LogP contribution in [-0.4, -0.2) is 50.4 Å². The van der Waals surface area contributed by atoms with Crippen LogP contribution in [0.1, 0.15) is 49.5 Å². The molecule has 1 N–H and O–H groups in total. The second-order valence-electron chi connectivity index (χ2n) is 8.43. The Balaban J connectivity index is 1.75. The van der Waals surface area contributed by atoms with Crippen LogP contribution in [0.25, 0.3) is 0 Å². The van der Waals surface area contributed by atoms with Crippen LogP contribution in [0.15, 0.2) is 28.8 Å². The summed E-state index contributed by atoms with van der Waals surface area (Å²) in [7, 11) is 0. The molecule has 0 bridgehead atoms. The molecule has 1 unspecified atom stereocenters. The van der Waals surface area contributed by atoms with Gasteiger partial charge in [0.25, 0.3) is 11.8 Å². The zero-order chi connectivity index (χ0) is 22.5. The monoisotopic (exact) mass is 445 g/mol. The van der Waals surface area contributed by atoms with Gasteiger partial charge in [-0.3, -0.25) is 9.59 Å². The molecule has 7 heteroatoms. The van der Waals surface area contributed by atoms with E-state index < -0.39 is 5.92 Å². The maximum absolute atomic E-state index is 13.0. The second-order valence-corrected chi connectivity index (χ2v) is 8.87. The SMILES string of the molecule is CCN(CC1CCOCC1)c1cc(Cl)cc(C(=O)NCC2C(=O)N=C(C)C=C2C)c1C. The van der Waals surface area contributed by atoms with E-state index in [1.807, 2.05) is 26.0 Å². The fourth-order valence-corrected chi connectivity index (χ4v) is 4.53. The number of carbonyl (C=O) groups excluding carboxylic acids is 2. The van der Waals surface area contributed by atoms with Gasteiger partial charge in [-0.05, 0) is 70.2 Å². The van der Waals surface area contributed by atoms with E-state index in [0.717, 1.165) is 56.0 Å². The normalized spacial score (nSPS) is 19.6.